The summed E-state index contributed by atoms with van der Waals surface area (Å²) in [5.74, 6) is 1.48. The molecule has 1 N–H and O–H groups in total. The van der Waals surface area contributed by atoms with Crippen LogP contribution < -0.4 is 5.32 Å². The van der Waals surface area contributed by atoms with Crippen LogP contribution >= 0.6 is 0 Å². The molecule has 1 saturated heterocycles. The zero-order valence-corrected chi connectivity index (χ0v) is 12.6. The predicted molar refractivity (Wildman–Crippen MR) is 82.7 cm³/mol. The second-order valence-electron chi connectivity index (χ2n) is 5.92. The molecule has 1 heterocycles. The van der Waals surface area contributed by atoms with Crippen LogP contribution in [0.5, 0.6) is 0 Å². The van der Waals surface area contributed by atoms with Crippen LogP contribution in [0.3, 0.4) is 0 Å². The van der Waals surface area contributed by atoms with Gasteiger partial charge < -0.3 is 10.2 Å². The van der Waals surface area contributed by atoms with Crippen LogP contribution in [0.2, 0.25) is 0 Å². The van der Waals surface area contributed by atoms with Crippen molar-refractivity contribution in [1.29, 1.82) is 0 Å². The van der Waals surface area contributed by atoms with Gasteiger partial charge in [0, 0.05) is 26.6 Å². The fourth-order valence-electron chi connectivity index (χ4n) is 2.86. The van der Waals surface area contributed by atoms with Crippen molar-refractivity contribution in [3.63, 3.8) is 0 Å². The third-order valence-corrected chi connectivity index (χ3v) is 4.31. The topological polar surface area (TPSA) is 32.3 Å². The summed E-state index contributed by atoms with van der Waals surface area (Å²) in [6.07, 6.45) is 2.26. The average molecular weight is 274 g/mol. The van der Waals surface area contributed by atoms with Gasteiger partial charge >= 0.3 is 0 Å². The largest absolute Gasteiger partial charge is 0.343 e. The van der Waals surface area contributed by atoms with Crippen molar-refractivity contribution in [2.75, 3.05) is 26.2 Å². The zero-order chi connectivity index (χ0) is 14.4. The van der Waals surface area contributed by atoms with Crippen molar-refractivity contribution in [3.05, 3.63) is 35.9 Å². The molecule has 1 amide bonds. The number of carbonyl (C=O) groups excluding carboxylic acids is 1. The molecule has 1 aliphatic heterocycles. The molecule has 0 bridgehead atoms. The maximum atomic E-state index is 11.3. The van der Waals surface area contributed by atoms with Gasteiger partial charge in [0.25, 0.3) is 0 Å². The van der Waals surface area contributed by atoms with Crippen molar-refractivity contribution < 1.29 is 4.79 Å². The van der Waals surface area contributed by atoms with Gasteiger partial charge in [0.1, 0.15) is 0 Å². The number of benzene rings is 1. The van der Waals surface area contributed by atoms with Gasteiger partial charge in [-0.3, -0.25) is 4.79 Å². The molecule has 3 heteroatoms. The molecule has 1 aliphatic rings. The number of likely N-dealkylation sites (tertiary alicyclic amines) is 1. The first kappa shape index (κ1) is 15.0. The second-order valence-corrected chi connectivity index (χ2v) is 5.92. The van der Waals surface area contributed by atoms with Crippen LogP contribution in [0.1, 0.15) is 38.2 Å². The third-order valence-electron chi connectivity index (χ3n) is 4.31. The van der Waals surface area contributed by atoms with Gasteiger partial charge in [-0.1, -0.05) is 37.3 Å². The van der Waals surface area contributed by atoms with Crippen LogP contribution in [0.4, 0.5) is 0 Å². The monoisotopic (exact) mass is 274 g/mol. The van der Waals surface area contributed by atoms with Crippen LogP contribution in [0.25, 0.3) is 0 Å². The normalized spacial score (nSPS) is 18.0. The number of amides is 1. The van der Waals surface area contributed by atoms with E-state index >= 15 is 0 Å². The highest BCUT2D eigenvalue weighted by Gasteiger charge is 2.20. The van der Waals surface area contributed by atoms with Crippen molar-refractivity contribution in [2.24, 2.45) is 5.92 Å². The number of hydrogen-bond donors (Lipinski definition) is 1. The van der Waals surface area contributed by atoms with E-state index in [-0.39, 0.29) is 5.91 Å². The van der Waals surface area contributed by atoms with E-state index in [2.05, 4.69) is 42.6 Å². The minimum atomic E-state index is 0.217. The standard InChI is InChI=1S/C17H26N2O/c1-14(17-6-4-3-5-7-17)12-18-13-16-8-10-19(11-9-16)15(2)20/h3-7,14,16,18H,8-13H2,1-2H3/t14-/m1/s1. The summed E-state index contributed by atoms with van der Waals surface area (Å²) in [6.45, 7) is 7.88. The minimum Gasteiger partial charge on any atom is -0.343 e. The van der Waals surface area contributed by atoms with Crippen molar-refractivity contribution in [3.8, 4) is 0 Å². The molecule has 3 nitrogen and oxygen atoms in total. The Kier molecular flexibility index (Phi) is 5.60. The first-order chi connectivity index (χ1) is 9.66. The van der Waals surface area contributed by atoms with E-state index in [1.807, 2.05) is 4.90 Å². The minimum absolute atomic E-state index is 0.217. The number of piperidine rings is 1. The van der Waals surface area contributed by atoms with Gasteiger partial charge in [0.2, 0.25) is 5.91 Å². The summed E-state index contributed by atoms with van der Waals surface area (Å²) in [5.41, 5.74) is 1.39. The fourth-order valence-corrected chi connectivity index (χ4v) is 2.86. The zero-order valence-electron chi connectivity index (χ0n) is 12.6. The van der Waals surface area contributed by atoms with Crippen molar-refractivity contribution >= 4 is 5.91 Å². The molecule has 0 saturated carbocycles. The highest BCUT2D eigenvalue weighted by atomic mass is 16.2. The van der Waals surface area contributed by atoms with E-state index in [1.54, 1.807) is 6.92 Å². The second kappa shape index (κ2) is 7.44. The van der Waals surface area contributed by atoms with E-state index in [4.69, 9.17) is 0 Å². The van der Waals surface area contributed by atoms with Gasteiger partial charge in [-0.05, 0) is 36.8 Å². The van der Waals surface area contributed by atoms with E-state index in [0.717, 1.165) is 39.0 Å². The number of carbonyl (C=O) groups is 1. The lowest BCUT2D eigenvalue weighted by Crippen LogP contribution is -2.40. The Labute approximate surface area is 122 Å². The molecular weight excluding hydrogens is 248 g/mol. The number of nitrogens with zero attached hydrogens (tertiary/aromatic N) is 1. The Morgan fingerprint density at radius 3 is 2.55 bits per heavy atom. The van der Waals surface area contributed by atoms with Crippen LogP contribution in [0, 0.1) is 5.92 Å². The summed E-state index contributed by atoms with van der Waals surface area (Å²) >= 11 is 0. The van der Waals surface area contributed by atoms with Crippen LogP contribution in [-0.4, -0.2) is 37.0 Å². The molecule has 0 radical (unpaired) electrons. The van der Waals surface area contributed by atoms with Crippen LogP contribution in [0.15, 0.2) is 30.3 Å². The molecule has 1 aromatic carbocycles. The Morgan fingerprint density at radius 1 is 1.30 bits per heavy atom. The fraction of sp³-hybridized carbons (Fsp3) is 0.588. The summed E-state index contributed by atoms with van der Waals surface area (Å²) in [5, 5.41) is 3.59. The van der Waals surface area contributed by atoms with Crippen molar-refractivity contribution in [1.82, 2.24) is 10.2 Å². The molecule has 110 valence electrons. The molecule has 0 spiro atoms. The van der Waals surface area contributed by atoms with Crippen molar-refractivity contribution in [2.45, 2.75) is 32.6 Å². The quantitative estimate of drug-likeness (QED) is 0.895. The Balaban J connectivity index is 1.66. The lowest BCUT2D eigenvalue weighted by molar-refractivity contribution is -0.130. The number of hydrogen-bond acceptors (Lipinski definition) is 2. The highest BCUT2D eigenvalue weighted by Crippen LogP contribution is 2.17. The molecule has 2 rings (SSSR count). The predicted octanol–water partition coefficient (Wildman–Crippen LogP) is 2.64. The van der Waals surface area contributed by atoms with Crippen LogP contribution in [-0.2, 0) is 4.79 Å². The Hall–Kier alpha value is -1.35. The molecular formula is C17H26N2O. The van der Waals surface area contributed by atoms with Gasteiger partial charge in [0.15, 0.2) is 0 Å². The first-order valence-corrected chi connectivity index (χ1v) is 7.68. The molecule has 1 aromatic rings. The van der Waals surface area contributed by atoms with Gasteiger partial charge in [-0.2, -0.15) is 0 Å². The maximum absolute atomic E-state index is 11.3. The molecule has 1 atom stereocenters. The molecule has 0 unspecified atom stereocenters. The number of rotatable bonds is 5. The lowest BCUT2D eigenvalue weighted by atomic mass is 9.96. The lowest BCUT2D eigenvalue weighted by Gasteiger charge is -2.31. The average Bonchev–Trinajstić information content (AvgIpc) is 2.48. The summed E-state index contributed by atoms with van der Waals surface area (Å²) in [6, 6.07) is 10.6. The Morgan fingerprint density at radius 2 is 1.95 bits per heavy atom. The van der Waals surface area contributed by atoms with E-state index in [9.17, 15) is 4.79 Å². The molecule has 0 aliphatic carbocycles. The molecule has 0 aromatic heterocycles. The first-order valence-electron chi connectivity index (χ1n) is 7.68. The van der Waals surface area contributed by atoms with E-state index in [0.29, 0.717) is 11.8 Å². The highest BCUT2D eigenvalue weighted by molar-refractivity contribution is 5.73. The molecule has 20 heavy (non-hydrogen) atoms. The number of nitrogens with one attached hydrogen (secondary N) is 1. The van der Waals surface area contributed by atoms with Gasteiger partial charge in [0.05, 0.1) is 0 Å². The van der Waals surface area contributed by atoms with E-state index in [1.165, 1.54) is 5.56 Å². The SMILES string of the molecule is CC(=O)N1CCC(CNC[C@@H](C)c2ccccc2)CC1. The molecule has 1 fully saturated rings. The maximum Gasteiger partial charge on any atom is 0.219 e. The summed E-state index contributed by atoms with van der Waals surface area (Å²) in [4.78, 5) is 13.2. The summed E-state index contributed by atoms with van der Waals surface area (Å²) in [7, 11) is 0. The van der Waals surface area contributed by atoms with E-state index < -0.39 is 0 Å². The van der Waals surface area contributed by atoms with Gasteiger partial charge in [-0.15, -0.1) is 0 Å². The smallest absolute Gasteiger partial charge is 0.219 e. The summed E-state index contributed by atoms with van der Waals surface area (Å²) < 4.78 is 0. The Bertz CT molecular complexity index is 410. The van der Waals surface area contributed by atoms with Gasteiger partial charge in [-0.25, -0.2) is 0 Å². The third kappa shape index (κ3) is 4.34.